The van der Waals surface area contributed by atoms with Crippen LogP contribution >= 0.6 is 11.6 Å². The number of hydrogen-bond donors (Lipinski definition) is 3. The van der Waals surface area contributed by atoms with Gasteiger partial charge in [0.25, 0.3) is 5.91 Å². The number of fused-ring (bicyclic) bond motifs is 1. The van der Waals surface area contributed by atoms with Gasteiger partial charge in [-0.05, 0) is 37.1 Å². The summed E-state index contributed by atoms with van der Waals surface area (Å²) < 4.78 is 5.18. The van der Waals surface area contributed by atoms with Gasteiger partial charge in [0.05, 0.1) is 35.0 Å². The van der Waals surface area contributed by atoms with Crippen LogP contribution in [-0.4, -0.2) is 70.8 Å². The van der Waals surface area contributed by atoms with E-state index >= 15 is 0 Å². The number of aromatic nitrogens is 1. The van der Waals surface area contributed by atoms with Crippen molar-refractivity contribution in [1.29, 1.82) is 0 Å². The van der Waals surface area contributed by atoms with Crippen LogP contribution in [0.25, 0.3) is 22.2 Å². The van der Waals surface area contributed by atoms with Crippen LogP contribution in [0.3, 0.4) is 0 Å². The quantitative estimate of drug-likeness (QED) is 0.449. The van der Waals surface area contributed by atoms with Gasteiger partial charge in [0.2, 0.25) is 0 Å². The summed E-state index contributed by atoms with van der Waals surface area (Å²) in [7, 11) is 0. The molecule has 2 atom stereocenters. The van der Waals surface area contributed by atoms with Crippen molar-refractivity contribution in [3.05, 3.63) is 64.7 Å². The highest BCUT2D eigenvalue weighted by Gasteiger charge is 2.31. The fourth-order valence-electron chi connectivity index (χ4n) is 4.26. The molecular formula is C27H32ClN5O4. The average Bonchev–Trinajstić information content (AvgIpc) is 2.90. The maximum Gasteiger partial charge on any atom is 0.411 e. The van der Waals surface area contributed by atoms with E-state index in [2.05, 4.69) is 0 Å². The lowest BCUT2D eigenvalue weighted by molar-refractivity contribution is 0.0390. The number of nitrogens with zero attached hydrogens (tertiary/aromatic N) is 3. The topological polar surface area (TPSA) is 135 Å². The highest BCUT2D eigenvalue weighted by molar-refractivity contribution is 6.35. The Morgan fingerprint density at radius 2 is 1.92 bits per heavy atom. The molecule has 1 saturated heterocycles. The molecule has 0 radical (unpaired) electrons. The number of rotatable bonds is 6. The Morgan fingerprint density at radius 1 is 1.19 bits per heavy atom. The SMILES string of the molecule is CCCOC(=O)N1CCN(C(=O)c2ccc3c(Cl)cc(-c4ccc(C(C)(O)CN)cc4)nc3c2)C[C@H]1N. The number of aliphatic hydroxyl groups is 1. The van der Waals surface area contributed by atoms with Crippen molar-refractivity contribution in [2.75, 3.05) is 32.8 Å². The van der Waals surface area contributed by atoms with Gasteiger partial charge in [0.1, 0.15) is 6.17 Å². The van der Waals surface area contributed by atoms with Crippen LogP contribution < -0.4 is 11.5 Å². The lowest BCUT2D eigenvalue weighted by Gasteiger charge is -2.38. The second-order valence-electron chi connectivity index (χ2n) is 9.40. The number of amides is 2. The molecule has 1 fully saturated rings. The second-order valence-corrected chi connectivity index (χ2v) is 9.81. The van der Waals surface area contributed by atoms with E-state index in [9.17, 15) is 14.7 Å². The first-order valence-corrected chi connectivity index (χ1v) is 12.6. The minimum atomic E-state index is -1.12. The summed E-state index contributed by atoms with van der Waals surface area (Å²) in [5.74, 6) is -0.199. The summed E-state index contributed by atoms with van der Waals surface area (Å²) >= 11 is 6.56. The number of piperazine rings is 1. The molecule has 0 spiro atoms. The predicted octanol–water partition coefficient (Wildman–Crippen LogP) is 3.31. The van der Waals surface area contributed by atoms with Gasteiger partial charge in [-0.25, -0.2) is 9.78 Å². The number of carbonyl (C=O) groups is 2. The fourth-order valence-corrected chi connectivity index (χ4v) is 4.52. The third-order valence-corrected chi connectivity index (χ3v) is 6.89. The van der Waals surface area contributed by atoms with E-state index in [1.54, 1.807) is 36.1 Å². The molecule has 1 unspecified atom stereocenters. The molecule has 37 heavy (non-hydrogen) atoms. The Bertz CT molecular complexity index is 1300. The summed E-state index contributed by atoms with van der Waals surface area (Å²) in [6.45, 7) is 4.86. The van der Waals surface area contributed by atoms with E-state index < -0.39 is 17.9 Å². The second kappa shape index (κ2) is 11.0. The third-order valence-electron chi connectivity index (χ3n) is 6.58. The van der Waals surface area contributed by atoms with Crippen LogP contribution in [0.5, 0.6) is 0 Å². The van der Waals surface area contributed by atoms with Gasteiger partial charge in [-0.2, -0.15) is 0 Å². The number of ether oxygens (including phenoxy) is 1. The van der Waals surface area contributed by atoms with E-state index in [4.69, 9.17) is 32.8 Å². The zero-order valence-electron chi connectivity index (χ0n) is 21.0. The lowest BCUT2D eigenvalue weighted by atomic mass is 9.94. The van der Waals surface area contributed by atoms with E-state index in [0.717, 1.165) is 17.4 Å². The molecule has 1 aromatic heterocycles. The van der Waals surface area contributed by atoms with Crippen molar-refractivity contribution in [1.82, 2.24) is 14.8 Å². The molecular weight excluding hydrogens is 494 g/mol. The zero-order valence-corrected chi connectivity index (χ0v) is 21.7. The first-order valence-electron chi connectivity index (χ1n) is 12.3. The van der Waals surface area contributed by atoms with Crippen molar-refractivity contribution in [3.63, 3.8) is 0 Å². The van der Waals surface area contributed by atoms with Gasteiger partial charge in [0, 0.05) is 36.1 Å². The molecule has 2 amide bonds. The molecule has 196 valence electrons. The number of halogens is 1. The first-order chi connectivity index (χ1) is 17.6. The van der Waals surface area contributed by atoms with Crippen molar-refractivity contribution in [2.45, 2.75) is 32.0 Å². The van der Waals surface area contributed by atoms with Gasteiger partial charge in [-0.1, -0.05) is 48.9 Å². The molecule has 0 bridgehead atoms. The normalized spacial score (nSPS) is 17.5. The fraction of sp³-hybridized carbons (Fsp3) is 0.370. The minimum absolute atomic E-state index is 0.103. The Labute approximate surface area is 220 Å². The van der Waals surface area contributed by atoms with Crippen molar-refractivity contribution in [2.24, 2.45) is 11.5 Å². The van der Waals surface area contributed by atoms with Crippen LogP contribution in [0.1, 0.15) is 36.2 Å². The predicted molar refractivity (Wildman–Crippen MR) is 143 cm³/mol. The number of nitrogens with two attached hydrogens (primary N) is 2. The van der Waals surface area contributed by atoms with Gasteiger partial charge in [0.15, 0.2) is 0 Å². The smallest absolute Gasteiger partial charge is 0.411 e. The Morgan fingerprint density at radius 3 is 2.57 bits per heavy atom. The standard InChI is InChI=1S/C27H32ClN5O4/c1-3-12-37-26(35)33-11-10-32(15-24(33)30)25(34)18-6-9-20-21(28)14-22(31-23(20)13-18)17-4-7-19(8-5-17)27(2,36)16-29/h4-9,13-14,24,36H,3,10-12,15-16,29-30H2,1-2H3/t24-,27?/m0/s1. The number of hydrogen-bond acceptors (Lipinski definition) is 7. The number of carbonyl (C=O) groups excluding carboxylic acids is 2. The van der Waals surface area contributed by atoms with Crippen LogP contribution in [-0.2, 0) is 10.3 Å². The van der Waals surface area contributed by atoms with E-state index in [0.29, 0.717) is 47.1 Å². The van der Waals surface area contributed by atoms with Crippen molar-refractivity contribution < 1.29 is 19.4 Å². The Hall–Kier alpha value is -3.24. The summed E-state index contributed by atoms with van der Waals surface area (Å²) in [5.41, 5.74) is 13.9. The van der Waals surface area contributed by atoms with Gasteiger partial charge in [-0.15, -0.1) is 0 Å². The molecule has 1 aliphatic heterocycles. The van der Waals surface area contributed by atoms with Crippen LogP contribution in [0.4, 0.5) is 4.79 Å². The molecule has 2 heterocycles. The highest BCUT2D eigenvalue weighted by Crippen LogP contribution is 2.30. The molecule has 3 aromatic rings. The molecule has 5 N–H and O–H groups in total. The summed E-state index contributed by atoms with van der Waals surface area (Å²) in [6.07, 6.45) is -0.383. The molecule has 1 aliphatic rings. The first kappa shape index (κ1) is 26.8. The molecule has 10 heteroatoms. The number of pyridine rings is 1. The Balaban J connectivity index is 1.55. The van der Waals surface area contributed by atoms with Crippen LogP contribution in [0.15, 0.2) is 48.5 Å². The monoisotopic (exact) mass is 525 g/mol. The van der Waals surface area contributed by atoms with Crippen LogP contribution in [0.2, 0.25) is 5.02 Å². The average molecular weight is 526 g/mol. The highest BCUT2D eigenvalue weighted by atomic mass is 35.5. The van der Waals surface area contributed by atoms with Crippen LogP contribution in [0, 0.1) is 0 Å². The third kappa shape index (κ3) is 5.70. The maximum absolute atomic E-state index is 13.3. The largest absolute Gasteiger partial charge is 0.449 e. The molecule has 4 rings (SSSR count). The summed E-state index contributed by atoms with van der Waals surface area (Å²) in [6, 6.07) is 14.3. The van der Waals surface area contributed by atoms with Crippen molar-refractivity contribution >= 4 is 34.5 Å². The summed E-state index contributed by atoms with van der Waals surface area (Å²) in [4.78, 5) is 33.3. The lowest BCUT2D eigenvalue weighted by Crippen LogP contribution is -2.60. The van der Waals surface area contributed by atoms with E-state index in [1.165, 1.54) is 4.90 Å². The Kier molecular flexibility index (Phi) is 7.99. The van der Waals surface area contributed by atoms with Crippen molar-refractivity contribution in [3.8, 4) is 11.3 Å². The van der Waals surface area contributed by atoms with E-state index in [1.807, 2.05) is 31.2 Å². The molecule has 0 aliphatic carbocycles. The number of benzene rings is 2. The van der Waals surface area contributed by atoms with Gasteiger partial charge in [-0.3, -0.25) is 9.69 Å². The molecule has 0 saturated carbocycles. The summed E-state index contributed by atoms with van der Waals surface area (Å²) in [5, 5.41) is 11.6. The minimum Gasteiger partial charge on any atom is -0.449 e. The van der Waals surface area contributed by atoms with E-state index in [-0.39, 0.29) is 19.0 Å². The zero-order chi connectivity index (χ0) is 26.7. The molecule has 2 aromatic carbocycles. The molecule has 9 nitrogen and oxygen atoms in total. The van der Waals surface area contributed by atoms with Gasteiger partial charge >= 0.3 is 6.09 Å². The van der Waals surface area contributed by atoms with Gasteiger partial charge < -0.3 is 26.2 Å². The maximum atomic E-state index is 13.3.